The van der Waals surface area contributed by atoms with Crippen LogP contribution in [-0.4, -0.2) is 52.4 Å². The summed E-state index contributed by atoms with van der Waals surface area (Å²) in [6, 6.07) is 14.3. The van der Waals surface area contributed by atoms with Crippen molar-refractivity contribution in [1.82, 2.24) is 19.9 Å². The predicted molar refractivity (Wildman–Crippen MR) is 252 cm³/mol. The number of carboxylic acid groups (broad SMARTS) is 2. The molecule has 4 aromatic rings. The van der Waals surface area contributed by atoms with E-state index in [-0.39, 0.29) is 30.6 Å². The molecule has 0 fully saturated rings. The van der Waals surface area contributed by atoms with Crippen LogP contribution in [0.1, 0.15) is 174 Å². The zero-order valence-corrected chi connectivity index (χ0v) is 39.4. The summed E-state index contributed by atoms with van der Waals surface area (Å²) >= 11 is 7.40. The van der Waals surface area contributed by atoms with Crippen molar-refractivity contribution in [1.29, 1.82) is 0 Å². The van der Waals surface area contributed by atoms with Crippen molar-refractivity contribution in [2.24, 2.45) is 0 Å². The Labute approximate surface area is 388 Å². The molecule has 0 saturated heterocycles. The minimum absolute atomic E-state index is 0. The van der Waals surface area contributed by atoms with Crippen LogP contribution in [0.2, 0.25) is 0 Å². The molecule has 0 aliphatic carbocycles. The van der Waals surface area contributed by atoms with Crippen molar-refractivity contribution in [3.05, 3.63) is 106 Å². The van der Waals surface area contributed by atoms with Gasteiger partial charge in [-0.15, -0.1) is 0 Å². The molecule has 13 heteroatoms. The average molecular weight is 954 g/mol. The van der Waals surface area contributed by atoms with Gasteiger partial charge in [0.25, 0.3) is 0 Å². The van der Waals surface area contributed by atoms with Crippen LogP contribution in [0.15, 0.2) is 73.3 Å². The van der Waals surface area contributed by atoms with E-state index in [4.69, 9.17) is 21.0 Å². The van der Waals surface area contributed by atoms with Crippen LogP contribution in [0.5, 0.6) is 0 Å². The number of isothiocyanates is 2. The van der Waals surface area contributed by atoms with Gasteiger partial charge in [-0.3, -0.25) is 19.9 Å². The predicted octanol–water partition coefficient (Wildman–Crippen LogP) is 13.9. The minimum atomic E-state index is -0.944. The van der Waals surface area contributed by atoms with Gasteiger partial charge >= 0.3 is 31.4 Å². The van der Waals surface area contributed by atoms with E-state index in [1.807, 2.05) is 24.3 Å². The molecule has 61 heavy (non-hydrogen) atoms. The minimum Gasteiger partial charge on any atom is -0.753 e. The van der Waals surface area contributed by atoms with Crippen LogP contribution in [0, 0.1) is 0 Å². The quantitative estimate of drug-likeness (QED) is 0.0267. The number of carboxylic acids is 2. The van der Waals surface area contributed by atoms with Crippen LogP contribution < -0.4 is 0 Å². The maximum Gasteiger partial charge on any atom is 2.00 e. The van der Waals surface area contributed by atoms with Gasteiger partial charge in [-0.05, 0) is 85.3 Å². The van der Waals surface area contributed by atoms with Gasteiger partial charge in [0, 0.05) is 24.8 Å². The second kappa shape index (κ2) is 38.7. The molecular formula is C48H64N6O4RuS2. The summed E-state index contributed by atoms with van der Waals surface area (Å²) in [7, 11) is 0. The summed E-state index contributed by atoms with van der Waals surface area (Å²) < 4.78 is 0. The fourth-order valence-corrected chi connectivity index (χ4v) is 6.58. The summed E-state index contributed by atoms with van der Waals surface area (Å²) in [5, 5.41) is 35.2. The average Bonchev–Trinajstić information content (AvgIpc) is 3.26. The van der Waals surface area contributed by atoms with Gasteiger partial charge in [0.1, 0.15) is 0 Å². The third-order valence-corrected chi connectivity index (χ3v) is 9.83. The molecular weight excluding hydrogens is 890 g/mol. The van der Waals surface area contributed by atoms with Crippen molar-refractivity contribution in [2.75, 3.05) is 0 Å². The number of unbranched alkanes of at least 4 members (excludes halogenated alkanes) is 18. The smallest absolute Gasteiger partial charge is 0.753 e. The molecule has 4 rings (SSSR count). The van der Waals surface area contributed by atoms with Crippen molar-refractivity contribution >= 4 is 46.7 Å². The Morgan fingerprint density at radius 3 is 1.00 bits per heavy atom. The van der Waals surface area contributed by atoms with E-state index in [1.54, 1.807) is 24.5 Å². The molecule has 4 aromatic heterocycles. The molecule has 0 unspecified atom stereocenters. The van der Waals surface area contributed by atoms with E-state index in [0.717, 1.165) is 24.2 Å². The largest absolute Gasteiger partial charge is 2.00 e. The summed E-state index contributed by atoms with van der Waals surface area (Å²) in [5.74, 6) is -1.89. The van der Waals surface area contributed by atoms with Crippen molar-refractivity contribution < 1.29 is 39.3 Å². The maximum atomic E-state index is 11.1. The molecule has 0 aliphatic heterocycles. The standard InChI is InChI=1S/2C23H32N2O2.2CNS.Ru/c2*1-2-3-4-5-6-7-8-9-10-11-12-19-13-15-24-21(17-19)22-18-20(23(26)27)14-16-25-22;2*2-1-3;/h2*13-18H,2-12H2,1H3,(H,26,27);;;/q;;2*-1;+2. The van der Waals surface area contributed by atoms with Crippen LogP contribution in [-0.2, 0) is 32.3 Å². The Morgan fingerprint density at radius 1 is 0.475 bits per heavy atom. The van der Waals surface area contributed by atoms with Crippen molar-refractivity contribution in [3.63, 3.8) is 0 Å². The maximum absolute atomic E-state index is 11.1. The summed E-state index contributed by atoms with van der Waals surface area (Å²) in [4.78, 5) is 39.5. The van der Waals surface area contributed by atoms with Crippen LogP contribution in [0.25, 0.3) is 33.6 Å². The third kappa shape index (κ3) is 28.1. The van der Waals surface area contributed by atoms with Crippen molar-refractivity contribution in [2.45, 2.75) is 155 Å². The van der Waals surface area contributed by atoms with Gasteiger partial charge in [0.05, 0.1) is 33.9 Å². The topological polar surface area (TPSA) is 171 Å². The molecule has 0 aromatic carbocycles. The number of pyridine rings is 4. The second-order valence-corrected chi connectivity index (χ2v) is 15.0. The number of carbonyl (C=O) groups is 2. The number of aryl methyl sites for hydroxylation is 2. The second-order valence-electron chi connectivity index (χ2n) is 14.6. The zero-order valence-electron chi connectivity index (χ0n) is 36.0. The molecule has 0 saturated carbocycles. The first-order chi connectivity index (χ1) is 29.2. The van der Waals surface area contributed by atoms with E-state index in [9.17, 15) is 9.59 Å². The summed E-state index contributed by atoms with van der Waals surface area (Å²) in [5.41, 5.74) is 5.65. The Kier molecular flexibility index (Phi) is 36.0. The van der Waals surface area contributed by atoms with Gasteiger partial charge in [-0.2, -0.15) is 10.3 Å². The van der Waals surface area contributed by atoms with Crippen LogP contribution >= 0.6 is 24.4 Å². The van der Waals surface area contributed by atoms with Gasteiger partial charge in [-0.1, -0.05) is 154 Å². The number of thiocarbonyl (C=S) groups is 2. The van der Waals surface area contributed by atoms with Crippen LogP contribution in [0.3, 0.4) is 0 Å². The van der Waals surface area contributed by atoms with E-state index in [1.165, 1.54) is 174 Å². The number of aromatic carboxylic acids is 2. The molecule has 330 valence electrons. The molecule has 0 radical (unpaired) electrons. The SMILES string of the molecule is CCCCCCCCCCCCc1ccnc(-c2cc(C(=O)O)ccn2)c1.CCCCCCCCCCCCc1ccnc(-c2cc(C(=O)O)ccn2)c1.[N-]=C=S.[N-]=C=S.[Ru+2]. The van der Waals surface area contributed by atoms with Crippen molar-refractivity contribution in [3.8, 4) is 22.8 Å². The number of hydrogen-bond acceptors (Lipinski definition) is 8. The van der Waals surface area contributed by atoms with E-state index >= 15 is 0 Å². The fourth-order valence-electron chi connectivity index (χ4n) is 6.58. The Bertz CT molecular complexity index is 1720. The first-order valence-corrected chi connectivity index (χ1v) is 22.4. The normalized spacial score (nSPS) is 9.87. The summed E-state index contributed by atoms with van der Waals surface area (Å²) in [6.45, 7) is 4.52. The molecule has 0 bridgehead atoms. The van der Waals surface area contributed by atoms with E-state index in [0.29, 0.717) is 11.4 Å². The molecule has 0 aliphatic rings. The number of rotatable bonds is 26. The first kappa shape index (κ1) is 56.8. The van der Waals surface area contributed by atoms with Gasteiger partial charge in [0.15, 0.2) is 0 Å². The monoisotopic (exact) mass is 954 g/mol. The zero-order chi connectivity index (χ0) is 44.1. The number of nitrogens with zero attached hydrogens (tertiary/aromatic N) is 6. The van der Waals surface area contributed by atoms with Crippen LogP contribution in [0.4, 0.5) is 0 Å². The summed E-state index contributed by atoms with van der Waals surface area (Å²) in [6.07, 6.45) is 35.4. The molecule has 10 nitrogen and oxygen atoms in total. The van der Waals surface area contributed by atoms with E-state index in [2.05, 4.69) is 58.2 Å². The Hall–Kier alpha value is -4.24. The Morgan fingerprint density at radius 2 is 0.721 bits per heavy atom. The Balaban J connectivity index is 0.00000103. The third-order valence-electron chi connectivity index (χ3n) is 9.83. The molecule has 0 spiro atoms. The van der Waals surface area contributed by atoms with Gasteiger partial charge < -0.3 is 21.0 Å². The molecule has 2 N–H and O–H groups in total. The van der Waals surface area contributed by atoms with Gasteiger partial charge in [-0.25, -0.2) is 9.59 Å². The first-order valence-electron chi connectivity index (χ1n) is 21.6. The number of hydrogen-bond donors (Lipinski definition) is 2. The molecule has 4 heterocycles. The van der Waals surface area contributed by atoms with E-state index < -0.39 is 11.9 Å². The molecule has 0 atom stereocenters. The number of aromatic nitrogens is 4. The van der Waals surface area contributed by atoms with Gasteiger partial charge in [0.2, 0.25) is 0 Å². The fraction of sp³-hybridized carbons (Fsp3) is 0.500. The molecule has 0 amide bonds.